The van der Waals surface area contributed by atoms with Crippen molar-refractivity contribution in [3.63, 3.8) is 0 Å². The first-order chi connectivity index (χ1) is 10.2. The van der Waals surface area contributed by atoms with Crippen molar-refractivity contribution in [2.75, 3.05) is 13.7 Å². The smallest absolute Gasteiger partial charge is 0.265 e. The van der Waals surface area contributed by atoms with Gasteiger partial charge in [0.05, 0.1) is 7.11 Å². The van der Waals surface area contributed by atoms with Crippen LogP contribution in [0.1, 0.15) is 23.0 Å². The van der Waals surface area contributed by atoms with Crippen molar-refractivity contribution < 1.29 is 14.6 Å². The summed E-state index contributed by atoms with van der Waals surface area (Å²) in [5.74, 6) is 0.410. The summed E-state index contributed by atoms with van der Waals surface area (Å²) >= 11 is 1.41. The molecule has 4 nitrogen and oxygen atoms in total. The molecule has 0 saturated heterocycles. The highest BCUT2D eigenvalue weighted by molar-refractivity contribution is 7.17. The number of aliphatic hydroxyl groups is 1. The van der Waals surface area contributed by atoms with Gasteiger partial charge in [-0.3, -0.25) is 4.79 Å². The van der Waals surface area contributed by atoms with Crippen LogP contribution < -0.4 is 10.1 Å². The van der Waals surface area contributed by atoms with Crippen LogP contribution in [-0.4, -0.2) is 30.8 Å². The molecule has 1 heterocycles. The van der Waals surface area contributed by atoms with E-state index in [0.717, 1.165) is 10.4 Å². The largest absolute Gasteiger partial charge is 0.495 e. The Hall–Kier alpha value is -1.85. The van der Waals surface area contributed by atoms with E-state index in [2.05, 4.69) is 5.32 Å². The van der Waals surface area contributed by atoms with Crippen molar-refractivity contribution in [1.29, 1.82) is 0 Å². The summed E-state index contributed by atoms with van der Waals surface area (Å²) in [6.45, 7) is 1.92. The number of rotatable bonds is 6. The first-order valence-electron chi connectivity index (χ1n) is 6.80. The average Bonchev–Trinajstić information content (AvgIpc) is 2.92. The van der Waals surface area contributed by atoms with E-state index >= 15 is 0 Å². The Morgan fingerprint density at radius 3 is 2.71 bits per heavy atom. The Labute approximate surface area is 128 Å². The summed E-state index contributed by atoms with van der Waals surface area (Å²) < 4.78 is 5.31. The Balaban J connectivity index is 2.23. The number of carbonyl (C=O) groups excluding carboxylic acids is 1. The molecule has 5 heteroatoms. The van der Waals surface area contributed by atoms with E-state index in [1.165, 1.54) is 11.3 Å². The first kappa shape index (κ1) is 15.5. The fraction of sp³-hybridized carbons (Fsp3) is 0.312. The summed E-state index contributed by atoms with van der Waals surface area (Å²) in [6, 6.07) is 11.7. The van der Waals surface area contributed by atoms with Crippen molar-refractivity contribution in [2.24, 2.45) is 0 Å². The highest BCUT2D eigenvalue weighted by Gasteiger charge is 2.19. The van der Waals surface area contributed by atoms with Gasteiger partial charge in [-0.1, -0.05) is 30.3 Å². The number of nitrogens with one attached hydrogen (secondary N) is 1. The lowest BCUT2D eigenvalue weighted by atomic mass is 10.2. The molecule has 0 radical (unpaired) electrons. The Morgan fingerprint density at radius 2 is 2.10 bits per heavy atom. The topological polar surface area (TPSA) is 58.6 Å². The molecule has 0 spiro atoms. The van der Waals surface area contributed by atoms with Gasteiger partial charge in [-0.25, -0.2) is 0 Å². The van der Waals surface area contributed by atoms with Gasteiger partial charge in [-0.15, -0.1) is 11.3 Å². The van der Waals surface area contributed by atoms with Gasteiger partial charge < -0.3 is 15.2 Å². The van der Waals surface area contributed by atoms with Gasteiger partial charge >= 0.3 is 0 Å². The van der Waals surface area contributed by atoms with Crippen LogP contribution in [0, 0.1) is 0 Å². The van der Waals surface area contributed by atoms with Crippen LogP contribution in [0.25, 0.3) is 10.4 Å². The molecule has 1 aromatic heterocycles. The molecule has 2 aromatic rings. The Kier molecular flexibility index (Phi) is 5.36. The maximum atomic E-state index is 12.3. The summed E-state index contributed by atoms with van der Waals surface area (Å²) in [5.41, 5.74) is 1.06. The SMILES string of the molecule is COc1cc(-c2ccccc2)sc1C(=O)NC(C)CCO. The number of hydrogen-bond acceptors (Lipinski definition) is 4. The van der Waals surface area contributed by atoms with Crippen LogP contribution in [-0.2, 0) is 0 Å². The number of hydrogen-bond donors (Lipinski definition) is 2. The van der Waals surface area contributed by atoms with E-state index in [1.807, 2.05) is 43.3 Å². The van der Waals surface area contributed by atoms with Crippen LogP contribution in [0.4, 0.5) is 0 Å². The zero-order valence-corrected chi connectivity index (χ0v) is 12.9. The predicted octanol–water partition coefficient (Wildman–Crippen LogP) is 2.92. The lowest BCUT2D eigenvalue weighted by molar-refractivity contribution is 0.0936. The fourth-order valence-electron chi connectivity index (χ4n) is 1.98. The second-order valence-corrected chi connectivity index (χ2v) is 5.81. The molecular weight excluding hydrogens is 286 g/mol. The third-order valence-corrected chi connectivity index (χ3v) is 4.29. The highest BCUT2D eigenvalue weighted by atomic mass is 32.1. The quantitative estimate of drug-likeness (QED) is 0.862. The number of carbonyl (C=O) groups is 1. The number of ether oxygens (including phenoxy) is 1. The van der Waals surface area contributed by atoms with Crippen molar-refractivity contribution in [1.82, 2.24) is 5.32 Å². The minimum Gasteiger partial charge on any atom is -0.495 e. The van der Waals surface area contributed by atoms with E-state index in [-0.39, 0.29) is 18.6 Å². The maximum absolute atomic E-state index is 12.3. The third kappa shape index (κ3) is 3.83. The van der Waals surface area contributed by atoms with Gasteiger partial charge in [-0.2, -0.15) is 0 Å². The van der Waals surface area contributed by atoms with E-state index < -0.39 is 0 Å². The summed E-state index contributed by atoms with van der Waals surface area (Å²) in [5, 5.41) is 11.8. The van der Waals surface area contributed by atoms with E-state index in [9.17, 15) is 4.79 Å². The molecule has 0 aliphatic carbocycles. The van der Waals surface area contributed by atoms with Crippen molar-refractivity contribution in [3.05, 3.63) is 41.3 Å². The monoisotopic (exact) mass is 305 g/mol. The predicted molar refractivity (Wildman–Crippen MR) is 84.9 cm³/mol. The molecule has 21 heavy (non-hydrogen) atoms. The molecular formula is C16H19NO3S. The van der Waals surface area contributed by atoms with Crippen LogP contribution in [0.5, 0.6) is 5.75 Å². The number of aliphatic hydroxyl groups excluding tert-OH is 1. The highest BCUT2D eigenvalue weighted by Crippen LogP contribution is 2.36. The van der Waals surface area contributed by atoms with Gasteiger partial charge in [0.1, 0.15) is 10.6 Å². The Bertz CT molecular complexity index is 595. The number of thiophene rings is 1. The molecule has 0 aliphatic rings. The molecule has 1 atom stereocenters. The number of benzene rings is 1. The molecule has 0 saturated carbocycles. The van der Waals surface area contributed by atoms with E-state index in [0.29, 0.717) is 17.0 Å². The molecule has 1 amide bonds. The third-order valence-electron chi connectivity index (χ3n) is 3.12. The molecule has 1 unspecified atom stereocenters. The zero-order chi connectivity index (χ0) is 15.2. The van der Waals surface area contributed by atoms with Crippen molar-refractivity contribution >= 4 is 17.2 Å². The van der Waals surface area contributed by atoms with Crippen LogP contribution >= 0.6 is 11.3 Å². The number of methoxy groups -OCH3 is 1. The van der Waals surface area contributed by atoms with Gasteiger partial charge in [0.2, 0.25) is 0 Å². The summed E-state index contributed by atoms with van der Waals surface area (Å²) in [6.07, 6.45) is 0.533. The van der Waals surface area contributed by atoms with Gasteiger partial charge in [0.15, 0.2) is 0 Å². The first-order valence-corrected chi connectivity index (χ1v) is 7.62. The normalized spacial score (nSPS) is 12.0. The second kappa shape index (κ2) is 7.24. The van der Waals surface area contributed by atoms with Crippen LogP contribution in [0.15, 0.2) is 36.4 Å². The molecule has 2 N–H and O–H groups in total. The fourth-order valence-corrected chi connectivity index (χ4v) is 3.02. The van der Waals surface area contributed by atoms with Crippen LogP contribution in [0.3, 0.4) is 0 Å². The zero-order valence-electron chi connectivity index (χ0n) is 12.1. The molecule has 0 aliphatic heterocycles. The standard InChI is InChI=1S/C16H19NO3S/c1-11(8-9-18)17-16(19)15-13(20-2)10-14(21-15)12-6-4-3-5-7-12/h3-7,10-11,18H,8-9H2,1-2H3,(H,17,19). The van der Waals surface area contributed by atoms with Gasteiger partial charge in [0, 0.05) is 17.5 Å². The van der Waals surface area contributed by atoms with Crippen molar-refractivity contribution in [3.8, 4) is 16.2 Å². The molecule has 2 rings (SSSR count). The summed E-state index contributed by atoms with van der Waals surface area (Å²) in [4.78, 5) is 13.8. The average molecular weight is 305 g/mol. The maximum Gasteiger partial charge on any atom is 0.265 e. The molecule has 0 fully saturated rings. The second-order valence-electron chi connectivity index (χ2n) is 4.76. The Morgan fingerprint density at radius 1 is 1.38 bits per heavy atom. The lowest BCUT2D eigenvalue weighted by Crippen LogP contribution is -2.32. The van der Waals surface area contributed by atoms with E-state index in [4.69, 9.17) is 9.84 Å². The van der Waals surface area contributed by atoms with Crippen molar-refractivity contribution in [2.45, 2.75) is 19.4 Å². The van der Waals surface area contributed by atoms with Gasteiger partial charge in [0.25, 0.3) is 5.91 Å². The minimum atomic E-state index is -0.167. The lowest BCUT2D eigenvalue weighted by Gasteiger charge is -2.11. The van der Waals surface area contributed by atoms with Crippen LogP contribution in [0.2, 0.25) is 0 Å². The minimum absolute atomic E-state index is 0.0539. The van der Waals surface area contributed by atoms with Gasteiger partial charge in [-0.05, 0) is 25.0 Å². The summed E-state index contributed by atoms with van der Waals surface area (Å²) in [7, 11) is 1.56. The molecule has 1 aromatic carbocycles. The molecule has 0 bridgehead atoms. The molecule has 112 valence electrons. The number of amides is 1. The van der Waals surface area contributed by atoms with E-state index in [1.54, 1.807) is 7.11 Å².